The van der Waals surface area contributed by atoms with E-state index in [1.165, 1.54) is 0 Å². The highest BCUT2D eigenvalue weighted by Crippen LogP contribution is 2.26. The van der Waals surface area contributed by atoms with Crippen LogP contribution < -0.4 is 5.32 Å². The lowest BCUT2D eigenvalue weighted by atomic mass is 10.0. The lowest BCUT2D eigenvalue weighted by Gasteiger charge is -2.35. The van der Waals surface area contributed by atoms with E-state index >= 15 is 0 Å². The molecule has 138 valence electrons. The van der Waals surface area contributed by atoms with Crippen molar-refractivity contribution in [1.82, 2.24) is 15.1 Å². The Morgan fingerprint density at radius 2 is 2.00 bits per heavy atom. The normalized spacial score (nSPS) is 23.3. The Morgan fingerprint density at radius 1 is 1.28 bits per heavy atom. The van der Waals surface area contributed by atoms with Gasteiger partial charge in [0.05, 0.1) is 5.88 Å². The highest BCUT2D eigenvalue weighted by atomic mass is 35.5. The van der Waals surface area contributed by atoms with Gasteiger partial charge in [-0.2, -0.15) is 0 Å². The predicted molar refractivity (Wildman–Crippen MR) is 105 cm³/mol. The quantitative estimate of drug-likeness (QED) is 0.841. The Morgan fingerprint density at radius 3 is 2.68 bits per heavy atom. The van der Waals surface area contributed by atoms with Gasteiger partial charge >= 0.3 is 0 Å². The van der Waals surface area contributed by atoms with Gasteiger partial charge in [-0.05, 0) is 44.2 Å². The Labute approximate surface area is 163 Å². The van der Waals surface area contributed by atoms with Gasteiger partial charge in [0.25, 0.3) is 5.91 Å². The molecule has 0 saturated carbocycles. The molecule has 0 spiro atoms. The summed E-state index contributed by atoms with van der Waals surface area (Å²) in [5.41, 5.74) is 0.575. The summed E-state index contributed by atoms with van der Waals surface area (Å²) in [6.45, 7) is 1.50. The largest absolute Gasteiger partial charge is 0.339 e. The van der Waals surface area contributed by atoms with E-state index in [0.29, 0.717) is 28.3 Å². The molecule has 0 aromatic heterocycles. The molecule has 3 rings (SSSR count). The topological polar surface area (TPSA) is 52.7 Å². The minimum absolute atomic E-state index is 0. The summed E-state index contributed by atoms with van der Waals surface area (Å²) < 4.78 is 0. The Hall–Kier alpha value is -0.950. The molecule has 25 heavy (non-hydrogen) atoms. The van der Waals surface area contributed by atoms with Crippen molar-refractivity contribution in [3.8, 4) is 0 Å². The molecule has 2 fully saturated rings. The number of likely N-dealkylation sites (N-methyl/N-ethyl adjacent to an activating group) is 1. The van der Waals surface area contributed by atoms with Crippen molar-refractivity contribution in [3.63, 3.8) is 0 Å². The molecule has 2 aliphatic heterocycles. The summed E-state index contributed by atoms with van der Waals surface area (Å²) in [4.78, 5) is 29.3. The number of amides is 2. The fourth-order valence-corrected chi connectivity index (χ4v) is 4.50. The first kappa shape index (κ1) is 20.4. The first-order valence-electron chi connectivity index (χ1n) is 8.20. The second-order valence-corrected chi connectivity index (χ2v) is 7.65. The van der Waals surface area contributed by atoms with Gasteiger partial charge in [-0.15, -0.1) is 24.2 Å². The van der Waals surface area contributed by atoms with Crippen LogP contribution in [0, 0.1) is 0 Å². The molecule has 0 aliphatic carbocycles. The van der Waals surface area contributed by atoms with Crippen LogP contribution in [0.1, 0.15) is 23.2 Å². The van der Waals surface area contributed by atoms with Crippen LogP contribution in [0.5, 0.6) is 0 Å². The number of rotatable bonds is 3. The van der Waals surface area contributed by atoms with E-state index < -0.39 is 0 Å². The van der Waals surface area contributed by atoms with E-state index in [-0.39, 0.29) is 30.3 Å². The summed E-state index contributed by atoms with van der Waals surface area (Å²) in [6, 6.07) is 6.82. The number of nitrogens with one attached hydrogen (secondary N) is 1. The van der Waals surface area contributed by atoms with Gasteiger partial charge < -0.3 is 15.1 Å². The molecule has 2 amide bonds. The zero-order valence-corrected chi connectivity index (χ0v) is 16.5. The maximum Gasteiger partial charge on any atom is 0.255 e. The number of hydrogen-bond acceptors (Lipinski definition) is 4. The van der Waals surface area contributed by atoms with Crippen LogP contribution >= 0.6 is 35.8 Å². The zero-order chi connectivity index (χ0) is 17.1. The van der Waals surface area contributed by atoms with Gasteiger partial charge in [-0.3, -0.25) is 9.59 Å². The van der Waals surface area contributed by atoms with Crippen molar-refractivity contribution >= 4 is 47.6 Å². The molecule has 2 heterocycles. The van der Waals surface area contributed by atoms with Crippen LogP contribution in [0.4, 0.5) is 0 Å². The fraction of sp³-hybridized carbons (Fsp3) is 0.529. The molecule has 1 aromatic rings. The molecule has 0 bridgehead atoms. The SMILES string of the molecule is CNC1CCCN(C(=O)C2CSCN2C(=O)c2ccc(Cl)cc2)C1.Cl. The third kappa shape index (κ3) is 4.61. The van der Waals surface area contributed by atoms with Crippen molar-refractivity contribution in [2.45, 2.75) is 24.9 Å². The van der Waals surface area contributed by atoms with Crippen molar-refractivity contribution in [3.05, 3.63) is 34.9 Å². The van der Waals surface area contributed by atoms with Crippen LogP contribution in [0.3, 0.4) is 0 Å². The molecule has 2 aliphatic rings. The van der Waals surface area contributed by atoms with Crippen LogP contribution in [0.25, 0.3) is 0 Å². The molecule has 1 aromatic carbocycles. The second kappa shape index (κ2) is 9.12. The van der Waals surface area contributed by atoms with E-state index in [9.17, 15) is 9.59 Å². The van der Waals surface area contributed by atoms with Gasteiger partial charge in [-0.25, -0.2) is 0 Å². The van der Waals surface area contributed by atoms with Crippen molar-refractivity contribution in [1.29, 1.82) is 0 Å². The molecule has 2 saturated heterocycles. The van der Waals surface area contributed by atoms with Crippen LogP contribution in [0.2, 0.25) is 5.02 Å². The molecule has 5 nitrogen and oxygen atoms in total. The minimum atomic E-state index is -0.367. The number of nitrogens with zero attached hydrogens (tertiary/aromatic N) is 2. The number of likely N-dealkylation sites (tertiary alicyclic amines) is 1. The molecular weight excluding hydrogens is 381 g/mol. The summed E-state index contributed by atoms with van der Waals surface area (Å²) >= 11 is 7.52. The van der Waals surface area contributed by atoms with E-state index in [1.54, 1.807) is 40.9 Å². The Bertz CT molecular complexity index is 614. The van der Waals surface area contributed by atoms with Crippen LogP contribution in [-0.4, -0.2) is 65.5 Å². The van der Waals surface area contributed by atoms with Crippen LogP contribution in [-0.2, 0) is 4.79 Å². The van der Waals surface area contributed by atoms with Crippen LogP contribution in [0.15, 0.2) is 24.3 Å². The van der Waals surface area contributed by atoms with Gasteiger partial charge in [0, 0.05) is 35.5 Å². The number of benzene rings is 1. The molecule has 2 atom stereocenters. The monoisotopic (exact) mass is 403 g/mol. The number of halogens is 2. The van der Waals surface area contributed by atoms with Gasteiger partial charge in [0.2, 0.25) is 5.91 Å². The molecular formula is C17H23Cl2N3O2S. The third-order valence-electron chi connectivity index (χ3n) is 4.66. The minimum Gasteiger partial charge on any atom is -0.339 e. The Balaban J connectivity index is 0.00000225. The maximum atomic E-state index is 12.9. The number of hydrogen-bond donors (Lipinski definition) is 1. The van der Waals surface area contributed by atoms with E-state index in [0.717, 1.165) is 25.9 Å². The summed E-state index contributed by atoms with van der Waals surface area (Å²) in [7, 11) is 1.93. The second-order valence-electron chi connectivity index (χ2n) is 6.21. The molecule has 0 radical (unpaired) electrons. The van der Waals surface area contributed by atoms with Crippen molar-refractivity contribution < 1.29 is 9.59 Å². The zero-order valence-electron chi connectivity index (χ0n) is 14.1. The first-order valence-corrected chi connectivity index (χ1v) is 9.73. The maximum absolute atomic E-state index is 12.9. The average molecular weight is 404 g/mol. The number of piperidine rings is 1. The Kier molecular flexibility index (Phi) is 7.43. The molecule has 8 heteroatoms. The fourth-order valence-electron chi connectivity index (χ4n) is 3.23. The average Bonchev–Trinajstić information content (AvgIpc) is 3.11. The number of thioether (sulfide) groups is 1. The van der Waals surface area contributed by atoms with Crippen molar-refractivity contribution in [2.75, 3.05) is 31.8 Å². The number of carbonyl (C=O) groups is 2. The highest BCUT2D eigenvalue weighted by Gasteiger charge is 2.38. The third-order valence-corrected chi connectivity index (χ3v) is 5.92. The van der Waals surface area contributed by atoms with Gasteiger partial charge in [0.1, 0.15) is 6.04 Å². The molecule has 2 unspecified atom stereocenters. The lowest BCUT2D eigenvalue weighted by Crippen LogP contribution is -2.54. The highest BCUT2D eigenvalue weighted by molar-refractivity contribution is 7.99. The van der Waals surface area contributed by atoms with E-state index in [4.69, 9.17) is 11.6 Å². The molecule has 1 N–H and O–H groups in total. The summed E-state index contributed by atoms with van der Waals surface area (Å²) in [6.07, 6.45) is 2.09. The van der Waals surface area contributed by atoms with Gasteiger partial charge in [0.15, 0.2) is 0 Å². The number of carbonyl (C=O) groups excluding carboxylic acids is 2. The summed E-state index contributed by atoms with van der Waals surface area (Å²) in [5.74, 6) is 1.19. The van der Waals surface area contributed by atoms with Crippen molar-refractivity contribution in [2.24, 2.45) is 0 Å². The van der Waals surface area contributed by atoms with E-state index in [1.807, 2.05) is 11.9 Å². The predicted octanol–water partition coefficient (Wildman–Crippen LogP) is 2.49. The first-order chi connectivity index (χ1) is 11.6. The van der Waals surface area contributed by atoms with Gasteiger partial charge in [-0.1, -0.05) is 11.6 Å². The standard InChI is InChI=1S/C17H22ClN3O2S.ClH/c1-19-14-3-2-8-20(9-14)17(23)15-10-24-11-21(15)16(22)12-4-6-13(18)7-5-12;/h4-7,14-15,19H,2-3,8-11H2,1H3;1H. The summed E-state index contributed by atoms with van der Waals surface area (Å²) in [5, 5.41) is 3.85. The smallest absolute Gasteiger partial charge is 0.255 e. The van der Waals surface area contributed by atoms with E-state index in [2.05, 4.69) is 5.32 Å². The lowest BCUT2D eigenvalue weighted by molar-refractivity contribution is -0.136.